The van der Waals surface area contributed by atoms with Gasteiger partial charge < -0.3 is 40.0 Å². The maximum absolute atomic E-state index is 13.0. The summed E-state index contributed by atoms with van der Waals surface area (Å²) in [5, 5.41) is 37.4. The fraction of sp³-hybridized carbons (Fsp3) is 0.490. The molecule has 0 aromatic heterocycles. The van der Waals surface area contributed by atoms with Crippen molar-refractivity contribution in [2.24, 2.45) is 10.2 Å². The SMILES string of the molecule is CCCCCCCCCCCCCCCC(=O)Nc1cc(Oc2ccc(N=Nc3c(S(=O)(=O)[O-])cc4cc(S(=O)(=O)[O-])cc(NC(=O)CC)c4c3O)cc2)c(NC(=O)CCCCCCC)cc1O.[Na+].[Na+]. The molecule has 17 nitrogen and oxygen atoms in total. The number of phenols is 2. The number of aromatic hydroxyl groups is 2. The minimum absolute atomic E-state index is 0. The molecule has 0 aliphatic rings. The Morgan fingerprint density at radius 1 is 0.571 bits per heavy atom. The Morgan fingerprint density at radius 2 is 1.06 bits per heavy atom. The van der Waals surface area contributed by atoms with Crippen LogP contribution in [0.25, 0.3) is 10.8 Å². The number of fused-ring (bicyclic) bond motifs is 1. The van der Waals surface area contributed by atoms with Crippen molar-refractivity contribution in [3.63, 3.8) is 0 Å². The van der Waals surface area contributed by atoms with Crippen molar-refractivity contribution in [1.82, 2.24) is 0 Å². The molecular weight excluding hydrogens is 961 g/mol. The number of carbonyl (C=O) groups is 3. The number of phenolic OH excluding ortho intramolecular Hbond substituents is 2. The Balaban J connectivity index is 0.00000840. The standard InChI is InChI=1S/C49H67N5O12S2.2Na/c1-4-7-9-11-12-13-14-15-16-17-18-20-22-23-45(57)50-38-33-42(39(32-41(38)55)51-46(58)24-21-19-10-8-5-2)66-36-27-25-35(26-28-36)53-54-48-43(68(63,64)65)30-34-29-37(67(60,61)62)31-40(47(34)49(48)59)52-44(56)6-3;;/h25-33,55,59H,4-24H2,1-3H3,(H,50,57)(H,51,58)(H,52,56)(H,60,61,62)(H,63,64,65);;/q;2*+1/p-2. The van der Waals surface area contributed by atoms with Gasteiger partial charge in [-0.25, -0.2) is 16.8 Å². The van der Waals surface area contributed by atoms with E-state index in [0.717, 1.165) is 63.1 Å². The molecular formula is C49H65N5Na2O12S2. The molecule has 0 unspecified atom stereocenters. The van der Waals surface area contributed by atoms with Crippen molar-refractivity contribution in [3.8, 4) is 23.0 Å². The van der Waals surface area contributed by atoms with Gasteiger partial charge in [0, 0.05) is 36.8 Å². The molecule has 0 aliphatic heterocycles. The molecule has 0 bridgehead atoms. The van der Waals surface area contributed by atoms with Gasteiger partial charge in [-0.3, -0.25) is 14.4 Å². The number of amides is 3. The van der Waals surface area contributed by atoms with E-state index in [-0.39, 0.29) is 141 Å². The number of hydrogen-bond acceptors (Lipinski definition) is 14. The largest absolute Gasteiger partial charge is 1.00 e. The summed E-state index contributed by atoms with van der Waals surface area (Å²) in [4.78, 5) is 36.4. The fourth-order valence-corrected chi connectivity index (χ4v) is 8.69. The molecule has 4 rings (SSSR count). The summed E-state index contributed by atoms with van der Waals surface area (Å²) in [5.74, 6) is -2.16. The average Bonchev–Trinajstić information content (AvgIpc) is 3.28. The van der Waals surface area contributed by atoms with Crippen molar-refractivity contribution < 1.29 is 114 Å². The van der Waals surface area contributed by atoms with Crippen molar-refractivity contribution in [2.45, 2.75) is 165 Å². The Hall–Kier alpha value is -3.63. The Morgan fingerprint density at radius 3 is 1.54 bits per heavy atom. The van der Waals surface area contributed by atoms with Gasteiger partial charge in [0.1, 0.15) is 37.4 Å². The first kappa shape index (κ1) is 62.5. The molecule has 4 aromatic carbocycles. The molecule has 0 radical (unpaired) electrons. The zero-order valence-corrected chi connectivity index (χ0v) is 46.9. The van der Waals surface area contributed by atoms with E-state index in [1.807, 2.05) is 0 Å². The van der Waals surface area contributed by atoms with Crippen molar-refractivity contribution in [3.05, 3.63) is 54.6 Å². The summed E-state index contributed by atoms with van der Waals surface area (Å²) < 4.78 is 79.0. The first-order valence-electron chi connectivity index (χ1n) is 23.7. The predicted molar refractivity (Wildman–Crippen MR) is 260 cm³/mol. The van der Waals surface area contributed by atoms with Crippen LogP contribution >= 0.6 is 0 Å². The molecule has 4 aromatic rings. The van der Waals surface area contributed by atoms with E-state index in [9.17, 15) is 50.5 Å². The first-order valence-corrected chi connectivity index (χ1v) is 26.5. The number of nitrogens with zero attached hydrogens (tertiary/aromatic N) is 2. The van der Waals surface area contributed by atoms with E-state index in [1.54, 1.807) is 0 Å². The normalized spacial score (nSPS) is 11.5. The van der Waals surface area contributed by atoms with Crippen molar-refractivity contribution in [1.29, 1.82) is 0 Å². The Bertz CT molecular complexity index is 2600. The van der Waals surface area contributed by atoms with Gasteiger partial charge in [-0.05, 0) is 60.7 Å². The van der Waals surface area contributed by atoms with Gasteiger partial charge in [0.05, 0.1) is 32.5 Å². The van der Waals surface area contributed by atoms with Crippen molar-refractivity contribution >= 4 is 77.2 Å². The van der Waals surface area contributed by atoms with Crippen LogP contribution in [0.15, 0.2) is 74.6 Å². The molecule has 372 valence electrons. The average molecular weight is 1030 g/mol. The molecule has 0 saturated heterocycles. The van der Waals surface area contributed by atoms with E-state index < -0.39 is 47.4 Å². The second kappa shape index (κ2) is 31.7. The molecule has 0 heterocycles. The first-order chi connectivity index (χ1) is 32.4. The monoisotopic (exact) mass is 1030 g/mol. The van der Waals surface area contributed by atoms with E-state index >= 15 is 0 Å². The van der Waals surface area contributed by atoms with Crippen LogP contribution in [0, 0.1) is 0 Å². The molecule has 70 heavy (non-hydrogen) atoms. The van der Waals surface area contributed by atoms with Gasteiger partial charge in [0.15, 0.2) is 11.5 Å². The second-order valence-electron chi connectivity index (χ2n) is 16.9. The number of ether oxygens (including phenoxy) is 1. The van der Waals surface area contributed by atoms with Crippen molar-refractivity contribution in [2.75, 3.05) is 16.0 Å². The number of hydrogen-bond donors (Lipinski definition) is 5. The summed E-state index contributed by atoms with van der Waals surface area (Å²) in [5.41, 5.74) is -0.890. The smallest absolute Gasteiger partial charge is 0.744 e. The van der Waals surface area contributed by atoms with Gasteiger partial charge in [-0.15, -0.1) is 5.11 Å². The minimum atomic E-state index is -5.41. The summed E-state index contributed by atoms with van der Waals surface area (Å²) in [6.07, 6.45) is 20.3. The number of unbranched alkanes of at least 4 members (excludes halogenated alkanes) is 16. The summed E-state index contributed by atoms with van der Waals surface area (Å²) >= 11 is 0. The van der Waals surface area contributed by atoms with Gasteiger partial charge in [-0.2, -0.15) is 5.11 Å². The topological polar surface area (TPSA) is 276 Å². The molecule has 0 atom stereocenters. The zero-order valence-electron chi connectivity index (χ0n) is 41.2. The number of rotatable bonds is 30. The fourth-order valence-electron chi connectivity index (χ4n) is 7.51. The quantitative estimate of drug-likeness (QED) is 0.0126. The maximum Gasteiger partial charge on any atom is 1.00 e. The number of azo groups is 1. The van der Waals surface area contributed by atoms with E-state index in [2.05, 4.69) is 40.0 Å². The third-order valence-electron chi connectivity index (χ3n) is 11.3. The predicted octanol–water partition coefficient (Wildman–Crippen LogP) is 6.34. The molecule has 21 heteroatoms. The van der Waals surface area contributed by atoms with Crippen LogP contribution < -0.4 is 79.8 Å². The van der Waals surface area contributed by atoms with Gasteiger partial charge in [0.25, 0.3) is 0 Å². The minimum Gasteiger partial charge on any atom is -0.744 e. The molecule has 5 N–H and O–H groups in total. The third-order valence-corrected chi connectivity index (χ3v) is 12.9. The molecule has 0 spiro atoms. The number of benzene rings is 4. The van der Waals surface area contributed by atoms with Crippen LogP contribution in [0.2, 0.25) is 0 Å². The zero-order chi connectivity index (χ0) is 49.7. The van der Waals surface area contributed by atoms with Crippen LogP contribution in [0.4, 0.5) is 28.4 Å². The van der Waals surface area contributed by atoms with E-state index in [0.29, 0.717) is 12.8 Å². The van der Waals surface area contributed by atoms with Gasteiger partial charge in [-0.1, -0.05) is 124 Å². The van der Waals surface area contributed by atoms with Gasteiger partial charge in [0.2, 0.25) is 17.7 Å². The van der Waals surface area contributed by atoms with Crippen LogP contribution in [-0.4, -0.2) is 53.9 Å². The van der Waals surface area contributed by atoms with Gasteiger partial charge >= 0.3 is 59.1 Å². The summed E-state index contributed by atoms with van der Waals surface area (Å²) in [6.45, 7) is 5.81. The Kier molecular flexibility index (Phi) is 28.3. The third kappa shape index (κ3) is 20.8. The molecule has 0 fully saturated rings. The maximum atomic E-state index is 13.0. The Labute approximate surface area is 456 Å². The number of carbonyl (C=O) groups excluding carboxylic acids is 3. The number of anilines is 3. The number of nitrogens with one attached hydrogen (secondary N) is 3. The summed E-state index contributed by atoms with van der Waals surface area (Å²) in [6, 6.07) is 10.7. The van der Waals surface area contributed by atoms with Crippen LogP contribution in [-0.2, 0) is 34.6 Å². The second-order valence-corrected chi connectivity index (χ2v) is 19.6. The molecule has 0 saturated carbocycles. The van der Waals surface area contributed by atoms with Crippen LogP contribution in [0.1, 0.15) is 156 Å². The molecule has 0 aliphatic carbocycles. The van der Waals surface area contributed by atoms with Crippen LogP contribution in [0.3, 0.4) is 0 Å². The molecule has 3 amide bonds. The van der Waals surface area contributed by atoms with E-state index in [1.165, 1.54) is 101 Å². The summed E-state index contributed by atoms with van der Waals surface area (Å²) in [7, 11) is -10.5. The van der Waals surface area contributed by atoms with Crippen LogP contribution in [0.5, 0.6) is 23.0 Å². The van der Waals surface area contributed by atoms with E-state index in [4.69, 9.17) is 4.74 Å².